The molecule has 1 aromatic carbocycles. The second-order valence-corrected chi connectivity index (χ2v) is 5.80. The summed E-state index contributed by atoms with van der Waals surface area (Å²) in [4.78, 5) is 29.0. The molecule has 3 aromatic rings. The van der Waals surface area contributed by atoms with Crippen LogP contribution in [-0.4, -0.2) is 22.1 Å². The molecule has 128 valence electrons. The molecule has 0 aliphatic rings. The Labute approximate surface area is 145 Å². The molecule has 0 aliphatic carbocycles. The molecule has 3 rings (SSSR count). The Hall–Kier alpha value is -2.95. The molecule has 0 radical (unpaired) electrons. The smallest absolute Gasteiger partial charge is 0.343 e. The predicted octanol–water partition coefficient (Wildman–Crippen LogP) is 3.57. The number of rotatable bonds is 4. The van der Waals surface area contributed by atoms with Gasteiger partial charge in [0.25, 0.3) is 0 Å². The van der Waals surface area contributed by atoms with Gasteiger partial charge in [-0.05, 0) is 56.2 Å². The Kier molecular flexibility index (Phi) is 4.65. The molecule has 0 spiro atoms. The topological polar surface area (TPSA) is 61.2 Å². The zero-order valence-electron chi connectivity index (χ0n) is 14.6. The van der Waals surface area contributed by atoms with E-state index in [-0.39, 0.29) is 17.6 Å². The Bertz CT molecular complexity index is 1010. The highest BCUT2D eigenvalue weighted by Gasteiger charge is 2.16. The number of aromatic nitrogens is 2. The minimum atomic E-state index is -0.578. The number of fused-ring (bicyclic) bond motifs is 1. The first kappa shape index (κ1) is 16.9. The number of pyridine rings is 2. The monoisotopic (exact) mass is 336 g/mol. The van der Waals surface area contributed by atoms with E-state index in [0.29, 0.717) is 11.9 Å². The molecule has 0 unspecified atom stereocenters. The average Bonchev–Trinajstić information content (AvgIpc) is 2.62. The van der Waals surface area contributed by atoms with Crippen LogP contribution in [0.25, 0.3) is 22.0 Å². The molecule has 0 saturated carbocycles. The highest BCUT2D eigenvalue weighted by atomic mass is 16.5. The predicted molar refractivity (Wildman–Crippen MR) is 97.8 cm³/mol. The fraction of sp³-hybridized carbons (Fsp3) is 0.250. The number of hydrogen-bond acceptors (Lipinski definition) is 4. The maximum atomic E-state index is 12.7. The molecule has 25 heavy (non-hydrogen) atoms. The summed E-state index contributed by atoms with van der Waals surface area (Å²) in [5.74, 6) is -0.578. The van der Waals surface area contributed by atoms with E-state index in [1.165, 1.54) is 0 Å². The fourth-order valence-electron chi connectivity index (χ4n) is 2.91. The Morgan fingerprint density at radius 3 is 2.60 bits per heavy atom. The number of ether oxygens (including phenoxy) is 1. The molecular formula is C20H20N2O3. The van der Waals surface area contributed by atoms with Gasteiger partial charge in [0.05, 0.1) is 12.1 Å². The van der Waals surface area contributed by atoms with Crippen molar-refractivity contribution in [3.8, 4) is 11.1 Å². The maximum Gasteiger partial charge on any atom is 0.343 e. The summed E-state index contributed by atoms with van der Waals surface area (Å²) < 4.78 is 6.91. The zero-order valence-corrected chi connectivity index (χ0v) is 14.6. The van der Waals surface area contributed by atoms with E-state index in [9.17, 15) is 9.59 Å². The van der Waals surface area contributed by atoms with Gasteiger partial charge in [0.15, 0.2) is 0 Å². The van der Waals surface area contributed by atoms with E-state index >= 15 is 0 Å². The summed E-state index contributed by atoms with van der Waals surface area (Å²) in [6.45, 7) is 6.52. The minimum Gasteiger partial charge on any atom is -0.462 e. The van der Waals surface area contributed by atoms with Crippen LogP contribution in [0.5, 0.6) is 0 Å². The van der Waals surface area contributed by atoms with Gasteiger partial charge in [-0.2, -0.15) is 0 Å². The molecule has 5 nitrogen and oxygen atoms in total. The quantitative estimate of drug-likeness (QED) is 0.683. The summed E-state index contributed by atoms with van der Waals surface area (Å²) in [7, 11) is 0. The molecule has 2 aromatic heterocycles. The van der Waals surface area contributed by atoms with Crippen LogP contribution < -0.4 is 5.43 Å². The van der Waals surface area contributed by atoms with E-state index in [1.807, 2.05) is 42.7 Å². The standard InChI is InChI=1S/C20H20N2O3/c1-4-22-12-17(20(24)25-5-2)19(23)16-7-6-14(11-18(16)22)15-8-9-21-13(3)10-15/h6-12H,4-5H2,1-3H3. The Morgan fingerprint density at radius 1 is 1.16 bits per heavy atom. The fourth-order valence-corrected chi connectivity index (χ4v) is 2.91. The largest absolute Gasteiger partial charge is 0.462 e. The van der Waals surface area contributed by atoms with Crippen molar-refractivity contribution in [3.05, 3.63) is 64.2 Å². The summed E-state index contributed by atoms with van der Waals surface area (Å²) in [6, 6.07) is 9.59. The molecule has 2 heterocycles. The molecule has 0 aliphatic heterocycles. The van der Waals surface area contributed by atoms with Crippen molar-refractivity contribution in [1.82, 2.24) is 9.55 Å². The second-order valence-electron chi connectivity index (χ2n) is 5.80. The van der Waals surface area contributed by atoms with E-state index in [1.54, 1.807) is 25.4 Å². The van der Waals surface area contributed by atoms with Gasteiger partial charge >= 0.3 is 5.97 Å². The molecule has 0 N–H and O–H groups in total. The highest BCUT2D eigenvalue weighted by Crippen LogP contribution is 2.24. The van der Waals surface area contributed by atoms with Gasteiger partial charge in [-0.1, -0.05) is 6.07 Å². The summed E-state index contributed by atoms with van der Waals surface area (Å²) >= 11 is 0. The van der Waals surface area contributed by atoms with Gasteiger partial charge < -0.3 is 9.30 Å². The molecule has 0 fully saturated rings. The molecule has 5 heteroatoms. The molecular weight excluding hydrogens is 316 g/mol. The summed E-state index contributed by atoms with van der Waals surface area (Å²) in [5, 5.41) is 0.516. The number of esters is 1. The first-order valence-corrected chi connectivity index (χ1v) is 8.32. The summed E-state index contributed by atoms with van der Waals surface area (Å²) in [5.41, 5.74) is 3.55. The molecule has 0 saturated heterocycles. The number of carbonyl (C=O) groups is 1. The Balaban J connectivity index is 2.22. The van der Waals surface area contributed by atoms with E-state index < -0.39 is 5.97 Å². The van der Waals surface area contributed by atoms with Crippen LogP contribution in [0.3, 0.4) is 0 Å². The lowest BCUT2D eigenvalue weighted by atomic mass is 10.0. The van der Waals surface area contributed by atoms with Crippen molar-refractivity contribution < 1.29 is 9.53 Å². The normalized spacial score (nSPS) is 10.8. The van der Waals surface area contributed by atoms with Crippen LogP contribution in [-0.2, 0) is 11.3 Å². The van der Waals surface area contributed by atoms with Gasteiger partial charge in [-0.25, -0.2) is 4.79 Å². The SMILES string of the molecule is CCOC(=O)c1cn(CC)c2cc(-c3ccnc(C)c3)ccc2c1=O. The van der Waals surface area contributed by atoms with E-state index in [2.05, 4.69) is 4.98 Å². The lowest BCUT2D eigenvalue weighted by Gasteiger charge is -2.13. The number of hydrogen-bond donors (Lipinski definition) is 0. The van der Waals surface area contributed by atoms with Crippen molar-refractivity contribution in [1.29, 1.82) is 0 Å². The Morgan fingerprint density at radius 2 is 1.92 bits per heavy atom. The van der Waals surface area contributed by atoms with Crippen LogP contribution in [0.4, 0.5) is 0 Å². The zero-order chi connectivity index (χ0) is 18.0. The summed E-state index contributed by atoms with van der Waals surface area (Å²) in [6.07, 6.45) is 3.36. The third kappa shape index (κ3) is 3.18. The van der Waals surface area contributed by atoms with Crippen molar-refractivity contribution in [3.63, 3.8) is 0 Å². The number of aryl methyl sites for hydroxylation is 2. The molecule has 0 atom stereocenters. The number of carbonyl (C=O) groups excluding carboxylic acids is 1. The average molecular weight is 336 g/mol. The first-order chi connectivity index (χ1) is 12.0. The van der Waals surface area contributed by atoms with Gasteiger partial charge in [-0.3, -0.25) is 9.78 Å². The van der Waals surface area contributed by atoms with Gasteiger partial charge in [0, 0.05) is 30.0 Å². The molecule has 0 amide bonds. The third-order valence-electron chi connectivity index (χ3n) is 4.15. The number of nitrogens with zero attached hydrogens (tertiary/aromatic N) is 2. The number of benzene rings is 1. The van der Waals surface area contributed by atoms with Crippen LogP contribution in [0, 0.1) is 6.92 Å². The van der Waals surface area contributed by atoms with Crippen LogP contribution in [0.15, 0.2) is 47.5 Å². The molecule has 0 bridgehead atoms. The van der Waals surface area contributed by atoms with Crippen LogP contribution >= 0.6 is 0 Å². The van der Waals surface area contributed by atoms with Crippen molar-refractivity contribution in [2.24, 2.45) is 0 Å². The van der Waals surface area contributed by atoms with Gasteiger partial charge in [0.1, 0.15) is 5.56 Å². The second kappa shape index (κ2) is 6.89. The van der Waals surface area contributed by atoms with Crippen molar-refractivity contribution in [2.75, 3.05) is 6.61 Å². The maximum absolute atomic E-state index is 12.7. The van der Waals surface area contributed by atoms with Crippen LogP contribution in [0.2, 0.25) is 0 Å². The lowest BCUT2D eigenvalue weighted by Crippen LogP contribution is -2.20. The van der Waals surface area contributed by atoms with E-state index in [0.717, 1.165) is 22.3 Å². The highest BCUT2D eigenvalue weighted by molar-refractivity contribution is 5.94. The minimum absolute atomic E-state index is 0.0729. The van der Waals surface area contributed by atoms with E-state index in [4.69, 9.17) is 4.74 Å². The van der Waals surface area contributed by atoms with Crippen molar-refractivity contribution in [2.45, 2.75) is 27.3 Å². The van der Waals surface area contributed by atoms with Crippen LogP contribution in [0.1, 0.15) is 29.9 Å². The lowest BCUT2D eigenvalue weighted by molar-refractivity contribution is 0.0524. The van der Waals surface area contributed by atoms with Gasteiger partial charge in [0.2, 0.25) is 5.43 Å². The first-order valence-electron chi connectivity index (χ1n) is 8.32. The van der Waals surface area contributed by atoms with Gasteiger partial charge in [-0.15, -0.1) is 0 Å². The van der Waals surface area contributed by atoms with Crippen molar-refractivity contribution >= 4 is 16.9 Å². The third-order valence-corrected chi connectivity index (χ3v) is 4.15.